The van der Waals surface area contributed by atoms with Gasteiger partial charge in [-0.3, -0.25) is 4.99 Å². The minimum absolute atomic E-state index is 0.138. The summed E-state index contributed by atoms with van der Waals surface area (Å²) < 4.78 is 27.1. The number of anilines is 1. The summed E-state index contributed by atoms with van der Waals surface area (Å²) in [5, 5.41) is 0. The van der Waals surface area contributed by atoms with Crippen molar-refractivity contribution in [2.24, 2.45) is 4.99 Å². The van der Waals surface area contributed by atoms with Crippen molar-refractivity contribution in [3.05, 3.63) is 65.2 Å². The van der Waals surface area contributed by atoms with E-state index in [1.165, 1.54) is 6.21 Å². The molecule has 0 aliphatic rings. The quantitative estimate of drug-likeness (QED) is 0.518. The normalized spacial score (nSPS) is 12.2. The maximum atomic E-state index is 13.8. The van der Waals surface area contributed by atoms with Crippen LogP contribution >= 0.6 is 0 Å². The van der Waals surface area contributed by atoms with E-state index in [1.807, 2.05) is 6.07 Å². The Morgan fingerprint density at radius 3 is 2.71 bits per heavy atom. The topological polar surface area (TPSA) is 38.4 Å². The van der Waals surface area contributed by atoms with Gasteiger partial charge in [0.2, 0.25) is 0 Å². The van der Waals surface area contributed by atoms with Gasteiger partial charge in [0, 0.05) is 29.4 Å². The molecule has 0 heterocycles. The third kappa shape index (κ3) is 3.67. The number of nitrogens with zero attached hydrogens (tertiary/aromatic N) is 1. The van der Waals surface area contributed by atoms with Crippen LogP contribution in [0.1, 0.15) is 23.6 Å². The van der Waals surface area contributed by atoms with Gasteiger partial charge in [-0.25, -0.2) is 8.78 Å². The second-order valence-electron chi connectivity index (χ2n) is 4.50. The number of hydrogen-bond acceptors (Lipinski definition) is 2. The molecule has 2 N–H and O–H groups in total. The number of para-hydroxylation sites is 1. The minimum Gasteiger partial charge on any atom is -0.398 e. The molecule has 0 aromatic heterocycles. The lowest BCUT2D eigenvalue weighted by atomic mass is 10.0. The number of nitrogens with two attached hydrogens (primary N) is 1. The van der Waals surface area contributed by atoms with Crippen LogP contribution in [0.5, 0.6) is 0 Å². The number of rotatable bonds is 4. The Bertz CT molecular complexity index is 702. The third-order valence-electron chi connectivity index (χ3n) is 3.02. The number of nitrogen functional groups attached to an aromatic ring is 1. The van der Waals surface area contributed by atoms with Crippen molar-refractivity contribution >= 4 is 11.9 Å². The van der Waals surface area contributed by atoms with Gasteiger partial charge in [-0.1, -0.05) is 18.2 Å². The van der Waals surface area contributed by atoms with Crippen molar-refractivity contribution in [2.75, 3.05) is 5.73 Å². The molecular weight excluding hydrogens is 270 g/mol. The molecule has 1 unspecified atom stereocenters. The summed E-state index contributed by atoms with van der Waals surface area (Å²) in [6, 6.07) is 9.74. The Labute approximate surface area is 122 Å². The highest BCUT2D eigenvalue weighted by Gasteiger charge is 2.14. The minimum atomic E-state index is -0.648. The van der Waals surface area contributed by atoms with Crippen molar-refractivity contribution in [1.29, 1.82) is 0 Å². The van der Waals surface area contributed by atoms with Crippen molar-refractivity contribution in [1.82, 2.24) is 0 Å². The van der Waals surface area contributed by atoms with Crippen LogP contribution in [0.4, 0.5) is 14.5 Å². The second-order valence-corrected chi connectivity index (χ2v) is 4.50. The van der Waals surface area contributed by atoms with Gasteiger partial charge in [-0.05, 0) is 24.3 Å². The first-order valence-electron chi connectivity index (χ1n) is 6.38. The fourth-order valence-electron chi connectivity index (χ4n) is 1.92. The molecular formula is C17H14F2N2. The molecule has 2 aromatic rings. The smallest absolute Gasteiger partial charge is 0.128 e. The Morgan fingerprint density at radius 1 is 1.24 bits per heavy atom. The number of hydrogen-bond donors (Lipinski definition) is 1. The van der Waals surface area contributed by atoms with Crippen LogP contribution in [0.3, 0.4) is 0 Å². The van der Waals surface area contributed by atoms with Crippen LogP contribution in [0.15, 0.2) is 47.5 Å². The zero-order valence-corrected chi connectivity index (χ0v) is 11.3. The van der Waals surface area contributed by atoms with Crippen molar-refractivity contribution < 1.29 is 8.78 Å². The van der Waals surface area contributed by atoms with Crippen molar-refractivity contribution in [3.8, 4) is 12.3 Å². The van der Waals surface area contributed by atoms with Gasteiger partial charge in [-0.2, -0.15) is 0 Å². The third-order valence-corrected chi connectivity index (χ3v) is 3.02. The average molecular weight is 284 g/mol. The molecule has 0 radical (unpaired) electrons. The molecule has 21 heavy (non-hydrogen) atoms. The first-order valence-corrected chi connectivity index (χ1v) is 6.38. The number of terminal acetylenes is 1. The van der Waals surface area contributed by atoms with Crippen LogP contribution in [-0.2, 0) is 0 Å². The summed E-state index contributed by atoms with van der Waals surface area (Å²) in [6.07, 6.45) is 6.99. The highest BCUT2D eigenvalue weighted by Crippen LogP contribution is 2.25. The molecule has 0 saturated carbocycles. The number of halogens is 2. The maximum absolute atomic E-state index is 13.8. The van der Waals surface area contributed by atoms with E-state index in [4.69, 9.17) is 12.2 Å². The molecule has 0 amide bonds. The molecule has 2 rings (SSSR count). The average Bonchev–Trinajstić information content (AvgIpc) is 2.48. The highest BCUT2D eigenvalue weighted by atomic mass is 19.1. The fraction of sp³-hybridized carbons (Fsp3) is 0.118. The van der Waals surface area contributed by atoms with E-state index in [1.54, 1.807) is 18.2 Å². The predicted molar refractivity (Wildman–Crippen MR) is 81.0 cm³/mol. The molecule has 0 spiro atoms. The lowest BCUT2D eigenvalue weighted by molar-refractivity contribution is 0.566. The fourth-order valence-corrected chi connectivity index (χ4v) is 1.92. The lowest BCUT2D eigenvalue weighted by Crippen LogP contribution is -2.01. The van der Waals surface area contributed by atoms with Crippen molar-refractivity contribution in [2.45, 2.75) is 12.5 Å². The summed E-state index contributed by atoms with van der Waals surface area (Å²) >= 11 is 0. The molecule has 2 aromatic carbocycles. The summed E-state index contributed by atoms with van der Waals surface area (Å²) in [4.78, 5) is 4.26. The van der Waals surface area contributed by atoms with E-state index in [2.05, 4.69) is 10.9 Å². The van der Waals surface area contributed by atoms with E-state index in [0.717, 1.165) is 18.2 Å². The number of benzene rings is 2. The summed E-state index contributed by atoms with van der Waals surface area (Å²) in [5.74, 6) is 1.37. The maximum Gasteiger partial charge on any atom is 0.128 e. The molecule has 1 atom stereocenters. The Kier molecular flexibility index (Phi) is 4.68. The molecule has 0 fully saturated rings. The van der Waals surface area contributed by atoms with Crippen LogP contribution in [0.25, 0.3) is 0 Å². The van der Waals surface area contributed by atoms with Crippen LogP contribution in [0, 0.1) is 24.0 Å². The zero-order valence-electron chi connectivity index (χ0n) is 11.3. The monoisotopic (exact) mass is 284 g/mol. The molecule has 0 bridgehead atoms. The summed E-state index contributed by atoms with van der Waals surface area (Å²) in [6.45, 7) is 0. The van der Waals surface area contributed by atoms with Gasteiger partial charge >= 0.3 is 0 Å². The molecule has 0 aliphatic carbocycles. The van der Waals surface area contributed by atoms with Gasteiger partial charge in [0.15, 0.2) is 0 Å². The van der Waals surface area contributed by atoms with Gasteiger partial charge in [-0.15, -0.1) is 12.3 Å². The molecule has 106 valence electrons. The van der Waals surface area contributed by atoms with E-state index in [0.29, 0.717) is 11.3 Å². The van der Waals surface area contributed by atoms with Crippen LogP contribution in [-0.4, -0.2) is 6.21 Å². The zero-order chi connectivity index (χ0) is 15.2. The first kappa shape index (κ1) is 14.7. The highest BCUT2D eigenvalue weighted by molar-refractivity contribution is 5.86. The van der Waals surface area contributed by atoms with E-state index < -0.39 is 17.7 Å². The first-order chi connectivity index (χ1) is 10.1. The summed E-state index contributed by atoms with van der Waals surface area (Å²) in [5.41, 5.74) is 7.21. The second kappa shape index (κ2) is 6.67. The van der Waals surface area contributed by atoms with E-state index in [-0.39, 0.29) is 12.0 Å². The lowest BCUT2D eigenvalue weighted by Gasteiger charge is -2.11. The largest absolute Gasteiger partial charge is 0.398 e. The molecule has 0 saturated heterocycles. The van der Waals surface area contributed by atoms with Crippen molar-refractivity contribution in [3.63, 3.8) is 0 Å². The molecule has 4 heteroatoms. The molecule has 0 aliphatic heterocycles. The van der Waals surface area contributed by atoms with Gasteiger partial charge in [0.25, 0.3) is 0 Å². The Morgan fingerprint density at radius 2 is 2.00 bits per heavy atom. The SMILES string of the molecule is C#CCC(N=Cc1ccccc1N)c1cc(F)ccc1F. The van der Waals surface area contributed by atoms with Gasteiger partial charge in [0.05, 0.1) is 6.04 Å². The van der Waals surface area contributed by atoms with Crippen LogP contribution < -0.4 is 5.73 Å². The predicted octanol–water partition coefficient (Wildman–Crippen LogP) is 3.73. The van der Waals surface area contributed by atoms with Crippen LogP contribution in [0.2, 0.25) is 0 Å². The standard InChI is InChI=1S/C17H14F2N2/c1-2-5-17(14-10-13(18)8-9-15(14)19)21-11-12-6-3-4-7-16(12)20/h1,3-4,6-11,17H,5,20H2. The van der Waals surface area contributed by atoms with E-state index >= 15 is 0 Å². The van der Waals surface area contributed by atoms with Gasteiger partial charge in [0.1, 0.15) is 11.6 Å². The molecule has 2 nitrogen and oxygen atoms in total. The number of aliphatic imine (C=N–C) groups is 1. The Balaban J connectivity index is 2.34. The van der Waals surface area contributed by atoms with Gasteiger partial charge < -0.3 is 5.73 Å². The Hall–Kier alpha value is -2.67. The van der Waals surface area contributed by atoms with E-state index in [9.17, 15) is 8.78 Å². The summed E-state index contributed by atoms with van der Waals surface area (Å²) in [7, 11) is 0.